The summed E-state index contributed by atoms with van der Waals surface area (Å²) in [6.07, 6.45) is 17.1. The summed E-state index contributed by atoms with van der Waals surface area (Å²) in [6, 6.07) is 12.4. The van der Waals surface area contributed by atoms with E-state index in [0.717, 1.165) is 129 Å². The molecule has 7 saturated heterocycles. The molecule has 10 heterocycles. The van der Waals surface area contributed by atoms with E-state index in [4.69, 9.17) is 0 Å². The van der Waals surface area contributed by atoms with Crippen LogP contribution in [0.25, 0.3) is 0 Å². The van der Waals surface area contributed by atoms with Gasteiger partial charge in [-0.25, -0.2) is 7.11 Å². The van der Waals surface area contributed by atoms with Crippen LogP contribution in [0.3, 0.4) is 0 Å². The van der Waals surface area contributed by atoms with E-state index < -0.39 is 6.39 Å². The molecule has 16 nitrogen and oxygen atoms in total. The molecule has 0 aromatic carbocycles. The van der Waals surface area contributed by atoms with Crippen LogP contribution in [0.1, 0.15) is 103 Å². The number of hydrogen-bond donors (Lipinski definition) is 2. The molecule has 0 aliphatic carbocycles. The van der Waals surface area contributed by atoms with Gasteiger partial charge in [0.1, 0.15) is 0 Å². The number of nitrogens with one attached hydrogen (secondary N) is 2. The molecule has 0 saturated carbocycles. The third kappa shape index (κ3) is 35.5. The van der Waals surface area contributed by atoms with E-state index in [2.05, 4.69) is 119 Å². The zero-order valence-electron chi connectivity index (χ0n) is 48.0. The van der Waals surface area contributed by atoms with Crippen LogP contribution in [0.4, 0.5) is 0 Å². The molecule has 428 valence electrons. The third-order valence-electron chi connectivity index (χ3n) is 13.9. The quantitative estimate of drug-likeness (QED) is 0.202. The SMILES string of the molecule is C.C.CC(=O)N1CC(C2CCN([C-]=O)CC2)C1.CC(=O)N1CC(C2CCNCC2)C1.CC(=O)N1CC(c2ccncc2)C1.CCOC.PN1CC(c2ccncc2)C1.[B].[B]B([B])[B].[B][B][B].[CH2-]OC.[Y].[Y].c1cc(C2CNC2)ccn1. The number of pyridine rings is 3. The molecule has 0 bridgehead atoms. The first-order valence-electron chi connectivity index (χ1n) is 26.3. The van der Waals surface area contributed by atoms with Crippen LogP contribution in [0, 0.1) is 30.8 Å². The fourth-order valence-corrected chi connectivity index (χ4v) is 9.52. The van der Waals surface area contributed by atoms with Gasteiger partial charge in [-0.05, 0) is 143 Å². The Kier molecular flexibility index (Phi) is 54.5. The van der Waals surface area contributed by atoms with Gasteiger partial charge in [0.25, 0.3) is 0 Å². The second kappa shape index (κ2) is 51.5. The summed E-state index contributed by atoms with van der Waals surface area (Å²) in [5, 5.41) is 6.61. The molecular formula is C54H89B8N10O6PY2-2. The fraction of sp³-hybridized carbons (Fsp3) is 0.630. The van der Waals surface area contributed by atoms with Gasteiger partial charge in [-0.3, -0.25) is 34.0 Å². The van der Waals surface area contributed by atoms with Crippen LogP contribution >= 0.6 is 9.39 Å². The molecule has 3 aromatic rings. The van der Waals surface area contributed by atoms with Crippen molar-refractivity contribution in [3.8, 4) is 0 Å². The van der Waals surface area contributed by atoms with Crippen molar-refractivity contribution in [3.63, 3.8) is 0 Å². The summed E-state index contributed by atoms with van der Waals surface area (Å²) in [5.74, 6) is 5.63. The molecule has 7 aliphatic rings. The van der Waals surface area contributed by atoms with E-state index in [9.17, 15) is 19.2 Å². The Bertz CT molecular complexity index is 1980. The van der Waals surface area contributed by atoms with Gasteiger partial charge < -0.3 is 44.5 Å². The molecule has 4 amide bonds. The number of methoxy groups -OCH3 is 2. The molecule has 0 spiro atoms. The maximum atomic E-state index is 11.0. The summed E-state index contributed by atoms with van der Waals surface area (Å²) < 4.78 is 10.8. The number of nitrogens with zero attached hydrogens (tertiary/aromatic N) is 8. The van der Waals surface area contributed by atoms with Crippen LogP contribution in [0.2, 0.25) is 0 Å². The molecule has 3 aromatic heterocycles. The number of carbonyl (C=O) groups is 3. The Morgan fingerprint density at radius 2 is 0.938 bits per heavy atom. The fourth-order valence-electron chi connectivity index (χ4n) is 9.01. The Morgan fingerprint density at radius 3 is 1.21 bits per heavy atom. The summed E-state index contributed by atoms with van der Waals surface area (Å²) in [5.41, 5.74) is 4.11. The van der Waals surface area contributed by atoms with Crippen molar-refractivity contribution in [1.29, 1.82) is 0 Å². The number of ether oxygens (including phenoxy) is 2. The number of rotatable bonds is 7. The minimum atomic E-state index is -0.667. The van der Waals surface area contributed by atoms with E-state index in [1.54, 1.807) is 45.2 Å². The first kappa shape index (κ1) is 85.7. The minimum absolute atomic E-state index is 0. The van der Waals surface area contributed by atoms with E-state index >= 15 is 0 Å². The average molecular weight is 1270 g/mol. The molecule has 7 aliphatic heterocycles. The van der Waals surface area contributed by atoms with Crippen LogP contribution in [-0.2, 0) is 94.1 Å². The van der Waals surface area contributed by atoms with Gasteiger partial charge >= 0.3 is 0 Å². The Hall–Kier alpha value is -1.71. The van der Waals surface area contributed by atoms with E-state index in [1.807, 2.05) is 65.0 Å². The van der Waals surface area contributed by atoms with Crippen LogP contribution in [0.5, 0.6) is 0 Å². The second-order valence-corrected chi connectivity index (χ2v) is 20.2. The predicted octanol–water partition coefficient (Wildman–Crippen LogP) is 3.07. The summed E-state index contributed by atoms with van der Waals surface area (Å²) in [7, 11) is 32.9. The van der Waals surface area contributed by atoms with Crippen LogP contribution in [-0.4, -0.2) is 236 Å². The van der Waals surface area contributed by atoms with Gasteiger partial charge in [0.15, 0.2) is 0 Å². The summed E-state index contributed by atoms with van der Waals surface area (Å²) in [4.78, 5) is 62.6. The number of aromatic nitrogens is 3. The molecule has 1 atom stereocenters. The zero-order chi connectivity index (χ0) is 56.3. The van der Waals surface area contributed by atoms with E-state index in [-0.39, 0.29) is 106 Å². The minimum Gasteiger partial charge on any atom is -0.557 e. The first-order valence-corrected chi connectivity index (χ1v) is 26.9. The standard InChI is InChI=1S/C11H17N2O2.C10H18N2O.C10H12N2O.C8H11N2P.C8H10N2.C3H8O.C2H5O.2CH4.B4.B3.B.2Y/c1-9(15)13-6-11(7-13)10-2-4-12(8-14)5-3-10;2*1-8(13)12-6-10(7-12)9-2-4-11-5-3-9;11-10-5-8(6-10)7-1-3-9-4-2-7;1-3-9-4-2-7(1)8-5-10-6-8;1-3-4-2;1-3-2;;;1-4(2)3;1-3-2;;;/h10-11H,2-7H2,1H3;9-11H,2-7H2,1H3;2-5,10H,6-7H2,1H3;1-4,8H,5-6,11H2;1-4,8,10H,5-6H2;3H2,1-2H3;1H2,2H3;2*1H4;;;;;/q-1;;;;;;-1;;;;;;;. The topological polar surface area (TPSA) is 166 Å². The maximum absolute atomic E-state index is 11.0. The van der Waals surface area contributed by atoms with Crippen LogP contribution < -0.4 is 10.6 Å². The maximum Gasteiger partial charge on any atom is 0.219 e. The smallest absolute Gasteiger partial charge is 0.219 e. The normalized spacial score (nSPS) is 17.2. The Balaban J connectivity index is -0.000000427. The summed E-state index contributed by atoms with van der Waals surface area (Å²) in [6.45, 7) is 21.9. The molecule has 81 heavy (non-hydrogen) atoms. The predicted molar refractivity (Wildman–Crippen MR) is 334 cm³/mol. The first-order chi connectivity index (χ1) is 36.5. The van der Waals surface area contributed by atoms with Gasteiger partial charge in [-0.15, -0.1) is 0 Å². The van der Waals surface area contributed by atoms with Crippen molar-refractivity contribution in [1.82, 2.24) is 49.9 Å². The van der Waals surface area contributed by atoms with Crippen molar-refractivity contribution >= 4 is 94.1 Å². The third-order valence-corrected chi connectivity index (χ3v) is 14.4. The molecule has 2 N–H and O–H groups in total. The summed E-state index contributed by atoms with van der Waals surface area (Å²) >= 11 is 0. The van der Waals surface area contributed by atoms with Crippen molar-refractivity contribution in [2.45, 2.75) is 86.0 Å². The number of likely N-dealkylation sites (tertiary alicyclic amines) is 4. The monoisotopic (exact) mass is 1270 g/mol. The molecule has 7 fully saturated rings. The number of hydrogen-bond acceptors (Lipinski definition) is 12. The van der Waals surface area contributed by atoms with E-state index in [0.29, 0.717) is 17.8 Å². The molecule has 1 unspecified atom stereocenters. The number of amides is 4. The molecule has 27 heteroatoms. The number of carbonyl (C=O) groups excluding carboxylic acids is 4. The second-order valence-electron chi connectivity index (χ2n) is 19.5. The zero-order valence-corrected chi connectivity index (χ0v) is 54.8. The van der Waals surface area contributed by atoms with Gasteiger partial charge in [-0.1, -0.05) is 24.2 Å². The van der Waals surface area contributed by atoms with Gasteiger partial charge in [0.2, 0.25) is 17.7 Å². The van der Waals surface area contributed by atoms with Crippen LogP contribution in [0.15, 0.2) is 73.6 Å². The van der Waals surface area contributed by atoms with Gasteiger partial charge in [-0.2, -0.15) is 6.41 Å². The Morgan fingerprint density at radius 1 is 0.642 bits per heavy atom. The molecular weight excluding hydrogens is 1180 g/mol. The Labute approximate surface area is 552 Å². The largest absolute Gasteiger partial charge is 0.557 e. The molecule has 16 radical (unpaired) electrons. The van der Waals surface area contributed by atoms with Crippen molar-refractivity contribution in [2.75, 3.05) is 112 Å². The van der Waals surface area contributed by atoms with Crippen molar-refractivity contribution in [3.05, 3.63) is 97.4 Å². The average Bonchev–Trinajstić information content (AvgIpc) is 3.34. The van der Waals surface area contributed by atoms with Crippen molar-refractivity contribution in [2.24, 2.45) is 23.7 Å². The molecule has 10 rings (SSSR count). The van der Waals surface area contributed by atoms with Gasteiger partial charge in [0.05, 0.1) is 0 Å². The number of piperidine rings is 2. The van der Waals surface area contributed by atoms with E-state index in [1.165, 1.54) is 49.7 Å². The van der Waals surface area contributed by atoms with Crippen molar-refractivity contribution < 1.29 is 94.1 Å². The van der Waals surface area contributed by atoms with Gasteiger partial charge in [0, 0.05) is 281 Å².